The molecule has 5 nitrogen and oxygen atoms in total. The summed E-state index contributed by atoms with van der Waals surface area (Å²) in [5, 5.41) is 8.96. The number of benzene rings is 2. The van der Waals surface area contributed by atoms with Crippen LogP contribution >= 0.6 is 22.6 Å². The lowest BCUT2D eigenvalue weighted by Gasteiger charge is -2.14. The monoisotopic (exact) mass is 449 g/mol. The second-order valence-corrected chi connectivity index (χ2v) is 7.40. The molecule has 1 aliphatic rings. The molecule has 0 radical (unpaired) electrons. The zero-order valence-corrected chi connectivity index (χ0v) is 16.1. The summed E-state index contributed by atoms with van der Waals surface area (Å²) in [6.45, 7) is 2.09. The standard InChI is InChI=1S/C19H20IN3O2/c1-12-16(3-2-4-17(12)23-19(25)13-5-6-13)21-11-18(24)22-15-9-7-14(20)8-10-15/h2-4,7-10,13,21H,5-6,11H2,1H3,(H,22,24)(H,23,25). The van der Waals surface area contributed by atoms with Crippen LogP contribution in [0.3, 0.4) is 0 Å². The molecule has 25 heavy (non-hydrogen) atoms. The molecule has 0 unspecified atom stereocenters. The van der Waals surface area contributed by atoms with Crippen molar-refractivity contribution in [1.29, 1.82) is 0 Å². The molecule has 3 rings (SSSR count). The number of anilines is 3. The second kappa shape index (κ2) is 7.86. The van der Waals surface area contributed by atoms with Crippen molar-refractivity contribution in [3.05, 3.63) is 51.6 Å². The zero-order valence-electron chi connectivity index (χ0n) is 13.9. The Labute approximate surface area is 160 Å². The predicted molar refractivity (Wildman–Crippen MR) is 109 cm³/mol. The molecule has 1 fully saturated rings. The first-order chi connectivity index (χ1) is 12.0. The maximum atomic E-state index is 12.1. The van der Waals surface area contributed by atoms with Crippen molar-refractivity contribution in [2.45, 2.75) is 19.8 Å². The van der Waals surface area contributed by atoms with E-state index in [1.54, 1.807) is 0 Å². The highest BCUT2D eigenvalue weighted by Crippen LogP contribution is 2.31. The molecular weight excluding hydrogens is 429 g/mol. The van der Waals surface area contributed by atoms with Crippen LogP contribution in [0, 0.1) is 16.4 Å². The minimum Gasteiger partial charge on any atom is -0.376 e. The Hall–Kier alpha value is -2.09. The molecule has 1 saturated carbocycles. The first-order valence-corrected chi connectivity index (χ1v) is 9.30. The molecular formula is C19H20IN3O2. The van der Waals surface area contributed by atoms with Gasteiger partial charge in [0.05, 0.1) is 6.54 Å². The Bertz CT molecular complexity index is 786. The summed E-state index contributed by atoms with van der Waals surface area (Å²) < 4.78 is 1.12. The third-order valence-electron chi connectivity index (χ3n) is 4.11. The molecule has 0 atom stereocenters. The van der Waals surface area contributed by atoms with E-state index in [0.29, 0.717) is 0 Å². The quantitative estimate of drug-likeness (QED) is 0.584. The molecule has 3 N–H and O–H groups in total. The van der Waals surface area contributed by atoms with Gasteiger partial charge in [-0.25, -0.2) is 0 Å². The fourth-order valence-electron chi connectivity index (χ4n) is 2.46. The van der Waals surface area contributed by atoms with Gasteiger partial charge in [-0.15, -0.1) is 0 Å². The lowest BCUT2D eigenvalue weighted by Crippen LogP contribution is -2.22. The van der Waals surface area contributed by atoms with Crippen molar-refractivity contribution < 1.29 is 9.59 Å². The van der Waals surface area contributed by atoms with E-state index < -0.39 is 0 Å². The van der Waals surface area contributed by atoms with Crippen LogP contribution in [0.1, 0.15) is 18.4 Å². The predicted octanol–water partition coefficient (Wildman–Crippen LogP) is 4.00. The fraction of sp³-hybridized carbons (Fsp3) is 0.263. The fourth-order valence-corrected chi connectivity index (χ4v) is 2.82. The summed E-state index contributed by atoms with van der Waals surface area (Å²) in [6.07, 6.45) is 1.95. The van der Waals surface area contributed by atoms with Gasteiger partial charge in [0.2, 0.25) is 11.8 Å². The van der Waals surface area contributed by atoms with Gasteiger partial charge in [-0.2, -0.15) is 0 Å². The smallest absolute Gasteiger partial charge is 0.243 e. The zero-order chi connectivity index (χ0) is 17.8. The Balaban J connectivity index is 1.57. The number of carbonyl (C=O) groups is 2. The third kappa shape index (κ3) is 4.94. The van der Waals surface area contributed by atoms with E-state index in [1.165, 1.54) is 0 Å². The van der Waals surface area contributed by atoms with Crippen LogP contribution in [0.2, 0.25) is 0 Å². The topological polar surface area (TPSA) is 70.2 Å². The van der Waals surface area contributed by atoms with Crippen LogP contribution in [0.5, 0.6) is 0 Å². The lowest BCUT2D eigenvalue weighted by molar-refractivity contribution is -0.117. The van der Waals surface area contributed by atoms with Gasteiger partial charge in [-0.3, -0.25) is 9.59 Å². The molecule has 0 bridgehead atoms. The molecule has 2 amide bonds. The number of nitrogens with one attached hydrogen (secondary N) is 3. The number of carbonyl (C=O) groups excluding carboxylic acids is 2. The van der Waals surface area contributed by atoms with Crippen LogP contribution in [0.15, 0.2) is 42.5 Å². The van der Waals surface area contributed by atoms with Crippen molar-refractivity contribution in [3.8, 4) is 0 Å². The van der Waals surface area contributed by atoms with E-state index in [0.717, 1.165) is 39.0 Å². The van der Waals surface area contributed by atoms with Crippen LogP contribution < -0.4 is 16.0 Å². The number of halogens is 1. The minimum absolute atomic E-state index is 0.0803. The Morgan fingerprint density at radius 2 is 1.72 bits per heavy atom. The molecule has 0 saturated heterocycles. The summed E-state index contributed by atoms with van der Waals surface area (Å²) in [5.41, 5.74) is 3.33. The van der Waals surface area contributed by atoms with Crippen molar-refractivity contribution in [3.63, 3.8) is 0 Å². The molecule has 2 aromatic carbocycles. The van der Waals surface area contributed by atoms with Crippen molar-refractivity contribution in [2.24, 2.45) is 5.92 Å². The van der Waals surface area contributed by atoms with E-state index in [1.807, 2.05) is 49.4 Å². The van der Waals surface area contributed by atoms with Crippen molar-refractivity contribution >= 4 is 51.5 Å². The summed E-state index contributed by atoms with van der Waals surface area (Å²) in [7, 11) is 0. The normalized spacial score (nSPS) is 13.2. The Morgan fingerprint density at radius 3 is 2.40 bits per heavy atom. The molecule has 0 spiro atoms. The van der Waals surface area contributed by atoms with Crippen LogP contribution in [0.25, 0.3) is 0 Å². The van der Waals surface area contributed by atoms with Gasteiger partial charge in [-0.1, -0.05) is 6.07 Å². The highest BCUT2D eigenvalue weighted by Gasteiger charge is 2.29. The first kappa shape index (κ1) is 17.7. The highest BCUT2D eigenvalue weighted by molar-refractivity contribution is 14.1. The number of rotatable bonds is 6. The van der Waals surface area contributed by atoms with Crippen LogP contribution in [-0.2, 0) is 9.59 Å². The Kier molecular flexibility index (Phi) is 5.57. The van der Waals surface area contributed by atoms with Gasteiger partial charge in [0, 0.05) is 26.6 Å². The maximum Gasteiger partial charge on any atom is 0.243 e. The van der Waals surface area contributed by atoms with Crippen molar-refractivity contribution in [1.82, 2.24) is 0 Å². The summed E-state index contributed by atoms with van der Waals surface area (Å²) in [5.74, 6) is 0.125. The minimum atomic E-state index is -0.118. The average molecular weight is 449 g/mol. The summed E-state index contributed by atoms with van der Waals surface area (Å²) >= 11 is 2.22. The Morgan fingerprint density at radius 1 is 1.04 bits per heavy atom. The van der Waals surface area contributed by atoms with Gasteiger partial charge in [0.1, 0.15) is 0 Å². The molecule has 1 aliphatic carbocycles. The lowest BCUT2D eigenvalue weighted by atomic mass is 10.1. The van der Waals surface area contributed by atoms with Gasteiger partial charge in [0.15, 0.2) is 0 Å². The second-order valence-electron chi connectivity index (χ2n) is 6.15. The molecule has 0 heterocycles. The SMILES string of the molecule is Cc1c(NCC(=O)Nc2ccc(I)cc2)cccc1NC(=O)C1CC1. The van der Waals surface area contributed by atoms with Gasteiger partial charge < -0.3 is 16.0 Å². The summed E-state index contributed by atoms with van der Waals surface area (Å²) in [6, 6.07) is 13.3. The molecule has 0 aliphatic heterocycles. The van der Waals surface area contributed by atoms with Gasteiger partial charge in [0.25, 0.3) is 0 Å². The third-order valence-corrected chi connectivity index (χ3v) is 4.83. The molecule has 0 aromatic heterocycles. The summed E-state index contributed by atoms with van der Waals surface area (Å²) in [4.78, 5) is 24.0. The molecule has 2 aromatic rings. The average Bonchev–Trinajstić information content (AvgIpc) is 3.43. The highest BCUT2D eigenvalue weighted by atomic mass is 127. The van der Waals surface area contributed by atoms with E-state index in [-0.39, 0.29) is 24.3 Å². The number of hydrogen-bond donors (Lipinski definition) is 3. The van der Waals surface area contributed by atoms with Crippen LogP contribution in [0.4, 0.5) is 17.1 Å². The van der Waals surface area contributed by atoms with Gasteiger partial charge in [-0.05, 0) is 84.3 Å². The first-order valence-electron chi connectivity index (χ1n) is 8.22. The van der Waals surface area contributed by atoms with Crippen molar-refractivity contribution in [2.75, 3.05) is 22.5 Å². The number of hydrogen-bond acceptors (Lipinski definition) is 3. The largest absolute Gasteiger partial charge is 0.376 e. The number of amides is 2. The van der Waals surface area contributed by atoms with Crippen LogP contribution in [-0.4, -0.2) is 18.4 Å². The van der Waals surface area contributed by atoms with E-state index >= 15 is 0 Å². The molecule has 6 heteroatoms. The van der Waals surface area contributed by atoms with E-state index in [9.17, 15) is 9.59 Å². The van der Waals surface area contributed by atoms with E-state index in [2.05, 4.69) is 38.5 Å². The maximum absolute atomic E-state index is 12.1. The van der Waals surface area contributed by atoms with Gasteiger partial charge >= 0.3 is 0 Å². The molecule has 130 valence electrons. The van der Waals surface area contributed by atoms with E-state index in [4.69, 9.17) is 0 Å².